The smallest absolute Gasteiger partial charge is 0.135 e. The Kier molecular flexibility index (Phi) is 5.72. The van der Waals surface area contributed by atoms with Crippen LogP contribution in [-0.4, -0.2) is 39.3 Å². The number of anilines is 2. The summed E-state index contributed by atoms with van der Waals surface area (Å²) >= 11 is 0. The molecule has 1 aromatic rings. The molecule has 0 aliphatic rings. The Hall–Kier alpha value is -1.17. The zero-order valence-electron chi connectivity index (χ0n) is 12.6. The predicted octanol–water partition coefficient (Wildman–Crippen LogP) is 2.13. The summed E-state index contributed by atoms with van der Waals surface area (Å²) in [5, 5.41) is 6.46. The topological polar surface area (TPSA) is 66.9 Å². The molecule has 2 unspecified atom stereocenters. The second kappa shape index (κ2) is 6.84. The Morgan fingerprint density at radius 2 is 1.79 bits per heavy atom. The highest BCUT2D eigenvalue weighted by atomic mass is 32.2. The lowest BCUT2D eigenvalue weighted by molar-refractivity contribution is 0.678. The van der Waals surface area contributed by atoms with Crippen LogP contribution in [-0.2, 0) is 10.8 Å². The van der Waals surface area contributed by atoms with E-state index in [9.17, 15) is 4.21 Å². The molecule has 0 fully saturated rings. The summed E-state index contributed by atoms with van der Waals surface area (Å²) in [6.45, 7) is 8.71. The van der Waals surface area contributed by atoms with Crippen LogP contribution in [0.4, 0.5) is 11.6 Å². The molecule has 0 spiro atoms. The summed E-state index contributed by atoms with van der Waals surface area (Å²) < 4.78 is 11.4. The van der Waals surface area contributed by atoms with E-state index < -0.39 is 10.8 Å². The Morgan fingerprint density at radius 3 is 2.26 bits per heavy atom. The fraction of sp³-hybridized carbons (Fsp3) is 0.692. The zero-order valence-corrected chi connectivity index (χ0v) is 13.4. The molecule has 1 heterocycles. The first kappa shape index (κ1) is 15.9. The standard InChI is InChI=1S/C13H24N4OS/c1-8(2)11-16-12(14-5)10(4)13(17-11)15-7-9(3)19(6)18/h8-9H,7H2,1-6H3,(H2,14,15,16,17). The summed E-state index contributed by atoms with van der Waals surface area (Å²) in [6, 6.07) is 0. The summed E-state index contributed by atoms with van der Waals surface area (Å²) in [6.07, 6.45) is 1.72. The molecule has 0 bridgehead atoms. The molecule has 0 saturated heterocycles. The van der Waals surface area contributed by atoms with E-state index in [0.29, 0.717) is 6.54 Å². The van der Waals surface area contributed by atoms with Crippen LogP contribution in [0.25, 0.3) is 0 Å². The highest BCUT2D eigenvalue weighted by Gasteiger charge is 2.13. The van der Waals surface area contributed by atoms with E-state index in [0.717, 1.165) is 23.0 Å². The van der Waals surface area contributed by atoms with E-state index in [1.54, 1.807) is 6.26 Å². The van der Waals surface area contributed by atoms with Crippen molar-refractivity contribution in [1.29, 1.82) is 0 Å². The molecule has 6 heteroatoms. The molecule has 2 N–H and O–H groups in total. The van der Waals surface area contributed by atoms with Crippen LogP contribution < -0.4 is 10.6 Å². The quantitative estimate of drug-likeness (QED) is 0.837. The molecule has 0 radical (unpaired) electrons. The van der Waals surface area contributed by atoms with Crippen LogP contribution in [0.3, 0.4) is 0 Å². The van der Waals surface area contributed by atoms with Crippen LogP contribution in [0.15, 0.2) is 0 Å². The molecule has 0 aliphatic heterocycles. The summed E-state index contributed by atoms with van der Waals surface area (Å²) in [5.41, 5.74) is 0.987. The number of rotatable bonds is 6. The second-order valence-electron chi connectivity index (χ2n) is 5.00. The third-order valence-corrected chi connectivity index (χ3v) is 4.34. The van der Waals surface area contributed by atoms with Gasteiger partial charge in [0, 0.05) is 47.4 Å². The van der Waals surface area contributed by atoms with Crippen molar-refractivity contribution in [3.05, 3.63) is 11.4 Å². The highest BCUT2D eigenvalue weighted by Crippen LogP contribution is 2.22. The first-order valence-corrected chi connectivity index (χ1v) is 8.11. The van der Waals surface area contributed by atoms with Gasteiger partial charge in [-0.3, -0.25) is 4.21 Å². The van der Waals surface area contributed by atoms with Crippen molar-refractivity contribution in [2.45, 2.75) is 38.9 Å². The zero-order chi connectivity index (χ0) is 14.6. The van der Waals surface area contributed by atoms with Gasteiger partial charge in [-0.05, 0) is 13.8 Å². The van der Waals surface area contributed by atoms with Crippen LogP contribution in [0.2, 0.25) is 0 Å². The van der Waals surface area contributed by atoms with Crippen molar-refractivity contribution < 1.29 is 4.21 Å². The Bertz CT molecular complexity index is 462. The van der Waals surface area contributed by atoms with Gasteiger partial charge < -0.3 is 10.6 Å². The van der Waals surface area contributed by atoms with Gasteiger partial charge in [-0.25, -0.2) is 9.97 Å². The first-order valence-electron chi connectivity index (χ1n) is 6.49. The number of nitrogens with one attached hydrogen (secondary N) is 2. The van der Waals surface area contributed by atoms with Gasteiger partial charge in [0.1, 0.15) is 17.5 Å². The Morgan fingerprint density at radius 1 is 1.21 bits per heavy atom. The SMILES string of the molecule is CNc1nc(C(C)C)nc(NCC(C)S(C)=O)c1C. The lowest BCUT2D eigenvalue weighted by Crippen LogP contribution is -2.22. The molecule has 1 rings (SSSR count). The van der Waals surface area contributed by atoms with Gasteiger partial charge in [-0.15, -0.1) is 0 Å². The summed E-state index contributed by atoms with van der Waals surface area (Å²) in [5.74, 6) is 2.74. The summed E-state index contributed by atoms with van der Waals surface area (Å²) in [4.78, 5) is 9.04. The predicted molar refractivity (Wildman–Crippen MR) is 82.4 cm³/mol. The number of aromatic nitrogens is 2. The summed E-state index contributed by atoms with van der Waals surface area (Å²) in [7, 11) is 1.02. The van der Waals surface area contributed by atoms with Crippen molar-refractivity contribution in [1.82, 2.24) is 9.97 Å². The minimum absolute atomic E-state index is 0.0925. The highest BCUT2D eigenvalue weighted by molar-refractivity contribution is 7.84. The van der Waals surface area contributed by atoms with Crippen LogP contribution >= 0.6 is 0 Å². The maximum absolute atomic E-state index is 11.4. The molecular weight excluding hydrogens is 260 g/mol. The van der Waals surface area contributed by atoms with Crippen LogP contribution in [0.1, 0.15) is 38.1 Å². The normalized spacial score (nSPS) is 14.3. The van der Waals surface area contributed by atoms with E-state index >= 15 is 0 Å². The van der Waals surface area contributed by atoms with Crippen LogP contribution in [0.5, 0.6) is 0 Å². The van der Waals surface area contributed by atoms with Gasteiger partial charge in [0.25, 0.3) is 0 Å². The molecule has 1 aromatic heterocycles. The molecule has 5 nitrogen and oxygen atoms in total. The third-order valence-electron chi connectivity index (χ3n) is 3.04. The largest absolute Gasteiger partial charge is 0.373 e. The molecule has 0 aliphatic carbocycles. The average Bonchev–Trinajstić information content (AvgIpc) is 2.36. The molecule has 19 heavy (non-hydrogen) atoms. The lowest BCUT2D eigenvalue weighted by atomic mass is 10.2. The van der Waals surface area contributed by atoms with Gasteiger partial charge >= 0.3 is 0 Å². The molecular formula is C13H24N4OS. The Labute approximate surface area is 118 Å². The third kappa shape index (κ3) is 4.16. The van der Waals surface area contributed by atoms with E-state index in [2.05, 4.69) is 34.4 Å². The van der Waals surface area contributed by atoms with E-state index in [4.69, 9.17) is 0 Å². The van der Waals surface area contributed by atoms with Crippen molar-refractivity contribution >= 4 is 22.4 Å². The average molecular weight is 284 g/mol. The van der Waals surface area contributed by atoms with Gasteiger partial charge in [0.05, 0.1) is 0 Å². The molecule has 2 atom stereocenters. The molecule has 108 valence electrons. The molecule has 0 saturated carbocycles. The van der Waals surface area contributed by atoms with Crippen molar-refractivity contribution in [3.8, 4) is 0 Å². The minimum atomic E-state index is -0.833. The van der Waals surface area contributed by atoms with E-state index in [1.165, 1.54) is 0 Å². The first-order chi connectivity index (χ1) is 8.86. The Balaban J connectivity index is 2.98. The van der Waals surface area contributed by atoms with E-state index in [-0.39, 0.29) is 11.2 Å². The number of hydrogen-bond acceptors (Lipinski definition) is 5. The molecule has 0 aromatic carbocycles. The number of nitrogens with zero attached hydrogens (tertiary/aromatic N) is 2. The van der Waals surface area contributed by atoms with Crippen molar-refractivity contribution in [2.24, 2.45) is 0 Å². The van der Waals surface area contributed by atoms with Crippen LogP contribution in [0, 0.1) is 6.92 Å². The second-order valence-corrected chi connectivity index (χ2v) is 6.80. The fourth-order valence-corrected chi connectivity index (χ4v) is 1.88. The van der Waals surface area contributed by atoms with Gasteiger partial charge in [-0.2, -0.15) is 0 Å². The van der Waals surface area contributed by atoms with Gasteiger partial charge in [0.15, 0.2) is 0 Å². The minimum Gasteiger partial charge on any atom is -0.373 e. The maximum Gasteiger partial charge on any atom is 0.135 e. The lowest BCUT2D eigenvalue weighted by Gasteiger charge is -2.16. The fourth-order valence-electron chi connectivity index (χ4n) is 1.57. The maximum atomic E-state index is 11.4. The molecule has 0 amide bonds. The van der Waals surface area contributed by atoms with Gasteiger partial charge in [-0.1, -0.05) is 13.8 Å². The number of hydrogen-bond donors (Lipinski definition) is 2. The van der Waals surface area contributed by atoms with E-state index in [1.807, 2.05) is 20.9 Å². The van der Waals surface area contributed by atoms with Crippen molar-refractivity contribution in [3.63, 3.8) is 0 Å². The monoisotopic (exact) mass is 284 g/mol. The van der Waals surface area contributed by atoms with Crippen molar-refractivity contribution in [2.75, 3.05) is 30.5 Å². The van der Waals surface area contributed by atoms with Gasteiger partial charge in [0.2, 0.25) is 0 Å².